The summed E-state index contributed by atoms with van der Waals surface area (Å²) in [7, 11) is 0. The number of carboxylic acids is 1. The first-order valence-corrected chi connectivity index (χ1v) is 46.9. The Bertz CT molecular complexity index is 6840. The van der Waals surface area contributed by atoms with Crippen molar-refractivity contribution in [3.8, 4) is 0 Å². The Balaban J connectivity index is 0.000000241. The highest BCUT2D eigenvalue weighted by molar-refractivity contribution is 9.10. The number of benzene rings is 8. The Kier molecular flexibility index (Phi) is 43.3. The lowest BCUT2D eigenvalue weighted by Gasteiger charge is -2.19. The summed E-state index contributed by atoms with van der Waals surface area (Å²) >= 11 is 3.13. The van der Waals surface area contributed by atoms with Gasteiger partial charge in [-0.15, -0.1) is 20.4 Å². The molecule has 778 valence electrons. The van der Waals surface area contributed by atoms with Gasteiger partial charge in [0.15, 0.2) is 23.3 Å². The average molecular weight is 2090 g/mol. The number of amides is 5. The number of carboxylic acid groups (broad SMARTS) is 1. The third-order valence-corrected chi connectivity index (χ3v) is 19.4. The van der Waals surface area contributed by atoms with Crippen LogP contribution in [0.1, 0.15) is 177 Å². The Hall–Kier alpha value is -18.2. The first-order valence-electron chi connectivity index (χ1n) is 46.1. The fourth-order valence-corrected chi connectivity index (χ4v) is 12.7. The third-order valence-electron chi connectivity index (χ3n) is 19.0. The number of H-pyrrole nitrogens is 1. The summed E-state index contributed by atoms with van der Waals surface area (Å²) in [5, 5.41) is 79.4. The van der Waals surface area contributed by atoms with Crippen LogP contribution < -0.4 is 59.3 Å². The van der Waals surface area contributed by atoms with Gasteiger partial charge < -0.3 is 83.4 Å². The molecule has 0 radical (unpaired) electrons. The van der Waals surface area contributed by atoms with Crippen LogP contribution >= 0.6 is 15.9 Å². The van der Waals surface area contributed by atoms with Crippen molar-refractivity contribution < 1.29 is 81.8 Å². The first kappa shape index (κ1) is 117. The van der Waals surface area contributed by atoms with Crippen LogP contribution in [0.15, 0.2) is 267 Å². The summed E-state index contributed by atoms with van der Waals surface area (Å²) in [5.41, 5.74) is 20.5. The van der Waals surface area contributed by atoms with Gasteiger partial charge in [-0.3, -0.25) is 49.3 Å². The second kappa shape index (κ2) is 54.9. The van der Waals surface area contributed by atoms with Gasteiger partial charge in [0.05, 0.1) is 38.2 Å². The van der Waals surface area contributed by atoms with Crippen LogP contribution in [0.3, 0.4) is 0 Å². The minimum atomic E-state index is -0.994. The second-order valence-electron chi connectivity index (χ2n) is 35.6. The van der Waals surface area contributed by atoms with Crippen LogP contribution in [0.25, 0.3) is 0 Å². The van der Waals surface area contributed by atoms with E-state index in [2.05, 4.69) is 114 Å². The molecular formula is C105H122BrN23O19. The van der Waals surface area contributed by atoms with Crippen LogP contribution in [0, 0.1) is 20.2 Å². The van der Waals surface area contributed by atoms with Crippen LogP contribution in [0.4, 0.5) is 117 Å². The number of nitrogens with zero attached hydrogens (tertiary/aromatic N) is 11. The number of aromatic nitrogens is 10. The summed E-state index contributed by atoms with van der Waals surface area (Å²) in [6.45, 7) is 41.5. The molecule has 5 heterocycles. The zero-order valence-corrected chi connectivity index (χ0v) is 86.6. The van der Waals surface area contributed by atoms with Crippen LogP contribution in [-0.2, 0) is 65.4 Å². The van der Waals surface area contributed by atoms with E-state index >= 15 is 0 Å². The number of rotatable bonds is 26. The number of hydrogen-bond donors (Lipinski definition) is 13. The number of nitrogen functional groups attached to an aromatic ring is 2. The largest absolute Gasteiger partial charge is 0.478 e. The van der Waals surface area contributed by atoms with E-state index in [0.29, 0.717) is 117 Å². The fraction of sp³-hybridized carbons (Fsp3) is 0.248. The average Bonchev–Trinajstić information content (AvgIpc) is 1.68. The minimum Gasteiger partial charge on any atom is -0.478 e. The Morgan fingerprint density at radius 2 is 0.676 bits per heavy atom. The number of carbonyl (C=O) groups is 10. The first-order chi connectivity index (χ1) is 69.8. The molecule has 0 aliphatic heterocycles. The van der Waals surface area contributed by atoms with E-state index in [-0.39, 0.29) is 46.5 Å². The molecule has 0 saturated carbocycles. The molecule has 0 bridgehead atoms. The predicted octanol–water partition coefficient (Wildman–Crippen LogP) is 22.6. The van der Waals surface area contributed by atoms with Crippen molar-refractivity contribution in [3.63, 3.8) is 0 Å². The van der Waals surface area contributed by atoms with E-state index in [1.807, 2.05) is 137 Å². The third kappa shape index (κ3) is 40.0. The number of ether oxygens (including phenoxy) is 4. The summed E-state index contributed by atoms with van der Waals surface area (Å²) < 4.78 is 27.0. The second-order valence-corrected chi connectivity index (χ2v) is 36.5. The maximum absolute atomic E-state index is 12.6. The van der Waals surface area contributed by atoms with Crippen LogP contribution in [-0.4, -0.2) is 147 Å². The van der Waals surface area contributed by atoms with Crippen molar-refractivity contribution in [2.75, 3.05) is 59.3 Å². The number of non-ortho nitro benzene ring substituents is 2. The SMILES string of the molecule is C=CC(=O)Nc1ccc(C(=O)Nc2cccc(Nc3cc(CC)[nH]n3)c2)cc1.C=CC(=O)Nc1ccc(C(=O)Nc2cccc(Nc3cc(CC)n(C(=O)OC(C)(C)C)n3)c2)cc1.C=CC(=O)Nc1ccc(C(=O)O)cc1.CCc1cc(N)nn1C(=O)OC(C)(C)C.CCc1cc(Nc2cccc(N)c2)nn1C(=O)OC(C)(C)C.CCc1cc(Nc2cccc([N+](=O)[O-])c2)nn1C(=O)OC(C)(C)C.O=[N+]([O-])c1cccc(Br)c1. The zero-order chi connectivity index (χ0) is 110. The fourth-order valence-electron chi connectivity index (χ4n) is 12.3. The van der Waals surface area contributed by atoms with Crippen molar-refractivity contribution in [1.29, 1.82) is 0 Å². The lowest BCUT2D eigenvalue weighted by Crippen LogP contribution is -2.28. The number of hydrogen-bond acceptors (Lipinski definition) is 29. The minimum absolute atomic E-state index is 0.0257. The Morgan fingerprint density at radius 3 is 0.986 bits per heavy atom. The molecule has 5 amide bonds. The van der Waals surface area contributed by atoms with E-state index in [1.54, 1.807) is 157 Å². The normalized spacial score (nSPS) is 10.6. The van der Waals surface area contributed by atoms with E-state index in [9.17, 15) is 68.2 Å². The van der Waals surface area contributed by atoms with Gasteiger partial charge in [0.1, 0.15) is 28.2 Å². The van der Waals surface area contributed by atoms with Gasteiger partial charge in [0.25, 0.3) is 23.2 Å². The number of nitro groups is 2. The van der Waals surface area contributed by atoms with E-state index in [4.69, 9.17) is 35.5 Å². The number of nitrogens with one attached hydrogen (secondary N) is 10. The van der Waals surface area contributed by atoms with Crippen molar-refractivity contribution in [2.45, 2.75) is 172 Å². The molecule has 0 saturated heterocycles. The van der Waals surface area contributed by atoms with Gasteiger partial charge in [-0.25, -0.2) is 24.0 Å². The number of anilines is 15. The summed E-state index contributed by atoms with van der Waals surface area (Å²) in [5.74, 6) is 0.0331. The van der Waals surface area contributed by atoms with Gasteiger partial charge in [0, 0.05) is 133 Å². The lowest BCUT2D eigenvalue weighted by atomic mass is 10.2. The standard InChI is InChI=1S/C26H29N5O4.C21H21N5O2.C16H20N4O4.C16H22N4O2.C10H17N3O2.C10H9NO3.C6H4BrNO2/c1-6-21-16-22(30-31(21)25(34)35-26(3,4)5)27-19-9-8-10-20(15-19)29-24(33)17-11-13-18(14-12-17)28-23(32)7-2;1-3-15-13-19(26-25-15)22-17-6-5-7-18(12-17)24-21(28)14-8-10-16(11-9-14)23-20(27)4-2;1-5-12-10-14(18-19(12)15(21)24-16(2,3)4)17-11-7-6-8-13(9-11)20(22)23;1-5-13-10-14(18-12-8-6-7-11(17)9-12)19-20(13)15(21)22-16(2,3)4;1-5-7-6-8(11)12-13(7)9(14)15-10(2,3)4;1-2-9(12)11-8-5-3-7(4-6-8)10(13)14;7-5-2-1-3-6(4-5)8(9)10/h7-16H,2,6H2,1,3-5H3,(H,27,30)(H,28,32)(H,29,33);4-13H,2-3H2,1H3,(H,23,27)(H,24,28)(H2,22,25,26);6-10H,5H2,1-4H3,(H,17,18);6-10H,5,17H2,1-4H3,(H,18,19);6H,5H2,1-4H3,(H2,11,12);2-6H,1H2,(H,11,12)(H,13,14);1-4H. The molecule has 0 unspecified atom stereocenters. The molecule has 0 aliphatic carbocycles. The molecular weight excluding hydrogens is 1970 g/mol. The number of aromatic amines is 1. The summed E-state index contributed by atoms with van der Waals surface area (Å²) in [6.07, 6.45) is 4.84. The predicted molar refractivity (Wildman–Crippen MR) is 575 cm³/mol. The van der Waals surface area contributed by atoms with Crippen molar-refractivity contribution >= 4 is 173 Å². The molecule has 0 atom stereocenters. The van der Waals surface area contributed by atoms with E-state index in [0.717, 1.165) is 51.2 Å². The van der Waals surface area contributed by atoms with Crippen LogP contribution in [0.5, 0.6) is 0 Å². The van der Waals surface area contributed by atoms with E-state index < -0.39 is 62.6 Å². The van der Waals surface area contributed by atoms with Gasteiger partial charge in [-0.05, 0) is 273 Å². The zero-order valence-electron chi connectivity index (χ0n) is 85.0. The smallest absolute Gasteiger partial charge is 0.435 e. The summed E-state index contributed by atoms with van der Waals surface area (Å²) in [6, 6.07) is 62.1. The Morgan fingerprint density at radius 1 is 0.372 bits per heavy atom. The molecule has 148 heavy (non-hydrogen) atoms. The van der Waals surface area contributed by atoms with Gasteiger partial charge in [-0.1, -0.05) is 101 Å². The number of carbonyl (C=O) groups excluding carboxylic acids is 9. The van der Waals surface area contributed by atoms with Crippen molar-refractivity contribution in [2.24, 2.45) is 0 Å². The maximum atomic E-state index is 12.6. The monoisotopic (exact) mass is 2090 g/mol. The molecule has 5 aromatic heterocycles. The molecule has 8 aromatic carbocycles. The molecule has 43 heteroatoms. The summed E-state index contributed by atoms with van der Waals surface area (Å²) in [4.78, 5) is 138. The lowest BCUT2D eigenvalue weighted by molar-refractivity contribution is -0.385. The molecule has 0 fully saturated rings. The number of aromatic carboxylic acids is 1. The number of nitro benzene ring substituents is 2. The van der Waals surface area contributed by atoms with E-state index in [1.165, 1.54) is 79.4 Å². The highest BCUT2D eigenvalue weighted by Crippen LogP contribution is 2.29. The topological polar surface area (TPSA) is 574 Å². The number of nitrogens with two attached hydrogens (primary N) is 2. The number of halogens is 1. The highest BCUT2D eigenvalue weighted by atomic mass is 79.9. The molecule has 13 aromatic rings. The van der Waals surface area contributed by atoms with Crippen molar-refractivity contribution in [1.82, 2.24) is 49.3 Å². The van der Waals surface area contributed by atoms with Gasteiger partial charge in [0.2, 0.25) is 17.7 Å². The maximum Gasteiger partial charge on any atom is 0.435 e. The molecule has 42 nitrogen and oxygen atoms in total. The molecule has 0 aliphatic rings. The highest BCUT2D eigenvalue weighted by Gasteiger charge is 2.27. The molecule has 13 rings (SSSR count). The van der Waals surface area contributed by atoms with Gasteiger partial charge >= 0.3 is 30.3 Å². The molecule has 15 N–H and O–H groups in total. The van der Waals surface area contributed by atoms with Crippen molar-refractivity contribution in [3.05, 3.63) is 332 Å². The van der Waals surface area contributed by atoms with Gasteiger partial charge in [-0.2, -0.15) is 23.8 Å². The number of aryl methyl sites for hydroxylation is 5. The Labute approximate surface area is 863 Å². The molecule has 0 spiro atoms. The van der Waals surface area contributed by atoms with Crippen LogP contribution in [0.2, 0.25) is 0 Å². The quantitative estimate of drug-likeness (QED) is 0.00787.